The molecular weight excluding hydrogens is 221 g/mol. The van der Waals surface area contributed by atoms with Crippen molar-refractivity contribution in [2.24, 2.45) is 5.92 Å². The molecule has 0 unspecified atom stereocenters. The zero-order valence-electron chi connectivity index (χ0n) is 9.77. The van der Waals surface area contributed by atoms with E-state index in [1.807, 2.05) is 4.90 Å². The van der Waals surface area contributed by atoms with Gasteiger partial charge in [-0.25, -0.2) is 4.39 Å². The van der Waals surface area contributed by atoms with E-state index >= 15 is 0 Å². The Morgan fingerprint density at radius 1 is 1.53 bits per heavy atom. The average molecular weight is 237 g/mol. The molecule has 17 heavy (non-hydrogen) atoms. The van der Waals surface area contributed by atoms with Gasteiger partial charge in [0.25, 0.3) is 0 Å². The van der Waals surface area contributed by atoms with Crippen LogP contribution in [-0.4, -0.2) is 29.1 Å². The molecule has 1 aromatic carbocycles. The normalized spacial score (nSPS) is 25.1. The van der Waals surface area contributed by atoms with Crippen molar-refractivity contribution >= 4 is 5.97 Å². The summed E-state index contributed by atoms with van der Waals surface area (Å²) in [7, 11) is 0. The predicted octanol–water partition coefficient (Wildman–Crippen LogP) is 2.29. The molecule has 1 fully saturated rings. The highest BCUT2D eigenvalue weighted by atomic mass is 19.1. The molecule has 0 aliphatic carbocycles. The van der Waals surface area contributed by atoms with Crippen molar-refractivity contribution in [3.05, 3.63) is 35.6 Å². The summed E-state index contributed by atoms with van der Waals surface area (Å²) in [5.74, 6) is -0.707. The van der Waals surface area contributed by atoms with Gasteiger partial charge >= 0.3 is 5.97 Å². The van der Waals surface area contributed by atoms with Crippen LogP contribution in [0, 0.1) is 11.7 Å². The second-order valence-electron chi connectivity index (χ2n) is 4.70. The molecule has 1 aliphatic rings. The minimum Gasteiger partial charge on any atom is -0.480 e. The molecule has 0 amide bonds. The van der Waals surface area contributed by atoms with E-state index < -0.39 is 5.97 Å². The van der Waals surface area contributed by atoms with Gasteiger partial charge in [0.05, 0.1) is 6.54 Å². The first-order chi connectivity index (χ1) is 8.08. The molecule has 1 heterocycles. The number of hydrogen-bond donors (Lipinski definition) is 1. The molecule has 0 bridgehead atoms. The fourth-order valence-corrected chi connectivity index (χ4v) is 2.55. The van der Waals surface area contributed by atoms with Crippen LogP contribution < -0.4 is 0 Å². The first-order valence-corrected chi connectivity index (χ1v) is 5.78. The molecule has 1 aliphatic heterocycles. The third-order valence-corrected chi connectivity index (χ3v) is 3.22. The molecule has 1 aromatic rings. The van der Waals surface area contributed by atoms with Gasteiger partial charge in [0, 0.05) is 18.2 Å². The molecule has 2 atom stereocenters. The average Bonchev–Trinajstić information content (AvgIpc) is 2.59. The molecule has 92 valence electrons. The Morgan fingerprint density at radius 3 is 2.88 bits per heavy atom. The largest absolute Gasteiger partial charge is 0.480 e. The quantitative estimate of drug-likeness (QED) is 0.876. The summed E-state index contributed by atoms with van der Waals surface area (Å²) < 4.78 is 13.7. The van der Waals surface area contributed by atoms with Crippen LogP contribution in [0.4, 0.5) is 4.39 Å². The SMILES string of the molecule is C[C@@H]1C[C@H](c2ccccc2F)N(CC(=O)O)C1. The van der Waals surface area contributed by atoms with Crippen molar-refractivity contribution in [1.82, 2.24) is 4.90 Å². The monoisotopic (exact) mass is 237 g/mol. The van der Waals surface area contributed by atoms with Crippen LogP contribution in [0.5, 0.6) is 0 Å². The Morgan fingerprint density at radius 2 is 2.24 bits per heavy atom. The molecule has 1 saturated heterocycles. The molecule has 0 spiro atoms. The summed E-state index contributed by atoms with van der Waals surface area (Å²) in [5.41, 5.74) is 0.609. The highest BCUT2D eigenvalue weighted by Gasteiger charge is 2.33. The number of carboxylic acids is 1. The summed E-state index contributed by atoms with van der Waals surface area (Å²) in [4.78, 5) is 12.6. The van der Waals surface area contributed by atoms with Gasteiger partial charge in [-0.05, 0) is 18.4 Å². The smallest absolute Gasteiger partial charge is 0.317 e. The minimum atomic E-state index is -0.861. The second-order valence-corrected chi connectivity index (χ2v) is 4.70. The molecule has 0 saturated carbocycles. The van der Waals surface area contributed by atoms with Gasteiger partial charge in [-0.3, -0.25) is 9.69 Å². The van der Waals surface area contributed by atoms with Crippen molar-refractivity contribution in [3.63, 3.8) is 0 Å². The third-order valence-electron chi connectivity index (χ3n) is 3.22. The Kier molecular flexibility index (Phi) is 3.43. The molecule has 3 nitrogen and oxygen atoms in total. The van der Waals surface area contributed by atoms with Crippen LogP contribution in [-0.2, 0) is 4.79 Å². The highest BCUT2D eigenvalue weighted by Crippen LogP contribution is 2.35. The summed E-state index contributed by atoms with van der Waals surface area (Å²) in [6.45, 7) is 2.75. The number of carboxylic acid groups (broad SMARTS) is 1. The van der Waals surface area contributed by atoms with Gasteiger partial charge in [0.1, 0.15) is 5.82 Å². The van der Waals surface area contributed by atoms with Crippen molar-refractivity contribution in [1.29, 1.82) is 0 Å². The first-order valence-electron chi connectivity index (χ1n) is 5.78. The van der Waals surface area contributed by atoms with E-state index in [9.17, 15) is 9.18 Å². The summed E-state index contributed by atoms with van der Waals surface area (Å²) in [6, 6.07) is 6.51. The molecular formula is C13H16FNO2. The Bertz CT molecular complexity index is 422. The van der Waals surface area contributed by atoms with Crippen LogP contribution in [0.1, 0.15) is 24.9 Å². The number of halogens is 1. The predicted molar refractivity (Wildman–Crippen MR) is 62.1 cm³/mol. The van der Waals surface area contributed by atoms with Gasteiger partial charge in [-0.2, -0.15) is 0 Å². The zero-order chi connectivity index (χ0) is 12.4. The van der Waals surface area contributed by atoms with Crippen LogP contribution >= 0.6 is 0 Å². The second kappa shape index (κ2) is 4.84. The van der Waals surface area contributed by atoms with E-state index in [4.69, 9.17) is 5.11 Å². The van der Waals surface area contributed by atoms with E-state index in [1.54, 1.807) is 18.2 Å². The van der Waals surface area contributed by atoms with Crippen molar-refractivity contribution in [2.45, 2.75) is 19.4 Å². The van der Waals surface area contributed by atoms with Crippen LogP contribution in [0.15, 0.2) is 24.3 Å². The Labute approximate surface area is 99.9 Å². The van der Waals surface area contributed by atoms with E-state index in [-0.39, 0.29) is 18.4 Å². The molecule has 1 N–H and O–H groups in total. The number of carbonyl (C=O) groups is 1. The van der Waals surface area contributed by atoms with Gasteiger partial charge in [0.2, 0.25) is 0 Å². The van der Waals surface area contributed by atoms with Gasteiger partial charge in [-0.1, -0.05) is 25.1 Å². The zero-order valence-corrected chi connectivity index (χ0v) is 9.77. The lowest BCUT2D eigenvalue weighted by molar-refractivity contribution is -0.138. The lowest BCUT2D eigenvalue weighted by Gasteiger charge is -2.23. The van der Waals surface area contributed by atoms with E-state index in [0.717, 1.165) is 6.42 Å². The number of hydrogen-bond acceptors (Lipinski definition) is 2. The van der Waals surface area contributed by atoms with Crippen molar-refractivity contribution in [2.75, 3.05) is 13.1 Å². The third kappa shape index (κ3) is 2.64. The minimum absolute atomic E-state index is 0.0245. The summed E-state index contributed by atoms with van der Waals surface area (Å²) >= 11 is 0. The van der Waals surface area contributed by atoms with Crippen LogP contribution in [0.25, 0.3) is 0 Å². The summed E-state index contributed by atoms with van der Waals surface area (Å²) in [5, 5.41) is 8.86. The standard InChI is InChI=1S/C13H16FNO2/c1-9-6-12(15(7-9)8-13(16)17)10-4-2-3-5-11(10)14/h2-5,9,12H,6-8H2,1H3,(H,16,17)/t9-,12-/m1/s1. The Hall–Kier alpha value is -1.42. The number of benzene rings is 1. The number of likely N-dealkylation sites (tertiary alicyclic amines) is 1. The van der Waals surface area contributed by atoms with Crippen molar-refractivity contribution < 1.29 is 14.3 Å². The van der Waals surface area contributed by atoms with Gasteiger partial charge < -0.3 is 5.11 Å². The first kappa shape index (κ1) is 12.0. The number of aliphatic carboxylic acids is 1. The van der Waals surface area contributed by atoms with E-state index in [2.05, 4.69) is 6.92 Å². The Balaban J connectivity index is 2.24. The van der Waals surface area contributed by atoms with Gasteiger partial charge in [-0.15, -0.1) is 0 Å². The highest BCUT2D eigenvalue weighted by molar-refractivity contribution is 5.69. The topological polar surface area (TPSA) is 40.5 Å². The molecule has 0 aromatic heterocycles. The van der Waals surface area contributed by atoms with Crippen LogP contribution in [0.3, 0.4) is 0 Å². The van der Waals surface area contributed by atoms with E-state index in [1.165, 1.54) is 6.07 Å². The molecule has 4 heteroatoms. The summed E-state index contributed by atoms with van der Waals surface area (Å²) in [6.07, 6.45) is 0.814. The number of rotatable bonds is 3. The van der Waals surface area contributed by atoms with E-state index in [0.29, 0.717) is 18.0 Å². The molecule has 0 radical (unpaired) electrons. The fraction of sp³-hybridized carbons (Fsp3) is 0.462. The number of nitrogens with zero attached hydrogens (tertiary/aromatic N) is 1. The fourth-order valence-electron chi connectivity index (χ4n) is 2.55. The van der Waals surface area contributed by atoms with Crippen LogP contribution in [0.2, 0.25) is 0 Å². The van der Waals surface area contributed by atoms with Crippen molar-refractivity contribution in [3.8, 4) is 0 Å². The maximum Gasteiger partial charge on any atom is 0.317 e. The maximum absolute atomic E-state index is 13.7. The molecule has 2 rings (SSSR count). The lowest BCUT2D eigenvalue weighted by Crippen LogP contribution is -2.30. The lowest BCUT2D eigenvalue weighted by atomic mass is 10.0. The maximum atomic E-state index is 13.7. The van der Waals surface area contributed by atoms with Gasteiger partial charge in [0.15, 0.2) is 0 Å².